The Morgan fingerprint density at radius 3 is 2.40 bits per heavy atom. The van der Waals surface area contributed by atoms with Gasteiger partial charge in [-0.05, 0) is 24.3 Å². The molecule has 25 heavy (non-hydrogen) atoms. The fraction of sp³-hybridized carbons (Fsp3) is 0.353. The highest BCUT2D eigenvalue weighted by molar-refractivity contribution is 6.06. The Hall–Kier alpha value is -2.89. The van der Waals surface area contributed by atoms with Crippen molar-refractivity contribution in [3.8, 4) is 6.07 Å². The van der Waals surface area contributed by atoms with E-state index in [1.807, 2.05) is 11.0 Å². The molecule has 1 aromatic carbocycles. The number of amides is 1. The van der Waals surface area contributed by atoms with Gasteiger partial charge in [-0.1, -0.05) is 0 Å². The molecule has 0 saturated carbocycles. The van der Waals surface area contributed by atoms with Crippen LogP contribution in [0.2, 0.25) is 0 Å². The van der Waals surface area contributed by atoms with Crippen molar-refractivity contribution in [2.45, 2.75) is 0 Å². The number of nitrogens with zero attached hydrogens (tertiary/aromatic N) is 3. The van der Waals surface area contributed by atoms with Crippen molar-refractivity contribution in [2.24, 2.45) is 5.73 Å². The first-order chi connectivity index (χ1) is 12.0. The van der Waals surface area contributed by atoms with E-state index in [1.54, 1.807) is 6.20 Å². The van der Waals surface area contributed by atoms with E-state index in [0.29, 0.717) is 12.2 Å². The lowest BCUT2D eigenvalue weighted by Crippen LogP contribution is -2.45. The average molecular weight is 343 g/mol. The van der Waals surface area contributed by atoms with Crippen LogP contribution in [0, 0.1) is 11.3 Å². The molecule has 0 spiro atoms. The number of hydrogen-bond acceptors (Lipinski definition) is 6. The number of hydrogen-bond donors (Lipinski definition) is 3. The molecule has 1 saturated heterocycles. The van der Waals surface area contributed by atoms with Crippen molar-refractivity contribution in [3.05, 3.63) is 41.6 Å². The number of benzene rings is 1. The number of carbonyl (C=O) groups excluding carboxylic acids is 1. The minimum absolute atomic E-state index is 0.00888. The topological polar surface area (TPSA) is 123 Å². The Balaban J connectivity index is 1.96. The molecule has 0 bridgehead atoms. The van der Waals surface area contributed by atoms with Gasteiger partial charge in [-0.15, -0.1) is 0 Å². The highest BCUT2D eigenvalue weighted by Gasteiger charge is 2.17. The van der Waals surface area contributed by atoms with Crippen molar-refractivity contribution in [3.63, 3.8) is 0 Å². The maximum atomic E-state index is 12.2. The normalized spacial score (nSPS) is 15.5. The van der Waals surface area contributed by atoms with E-state index in [9.17, 15) is 14.9 Å². The molecule has 0 radical (unpaired) electrons. The van der Waals surface area contributed by atoms with Gasteiger partial charge in [-0.2, -0.15) is 5.26 Å². The summed E-state index contributed by atoms with van der Waals surface area (Å²) >= 11 is 0. The van der Waals surface area contributed by atoms with Crippen LogP contribution in [-0.2, 0) is 4.79 Å². The Morgan fingerprint density at radius 2 is 1.88 bits per heavy atom. The molecule has 1 aliphatic rings. The van der Waals surface area contributed by atoms with Crippen LogP contribution < -0.4 is 11.1 Å². The lowest BCUT2D eigenvalue weighted by molar-refractivity contribution is -0.112. The largest absolute Gasteiger partial charge is 0.478 e. The van der Waals surface area contributed by atoms with Crippen LogP contribution in [0.1, 0.15) is 10.4 Å². The SMILES string of the molecule is N#C/C(=C/N1CCN(CCN)CC1)C(=O)Nc1ccc(C(=O)O)cc1. The van der Waals surface area contributed by atoms with Gasteiger partial charge in [-0.25, -0.2) is 4.79 Å². The van der Waals surface area contributed by atoms with Gasteiger partial charge in [0.15, 0.2) is 0 Å². The highest BCUT2D eigenvalue weighted by atomic mass is 16.4. The van der Waals surface area contributed by atoms with E-state index in [4.69, 9.17) is 10.8 Å². The Kier molecular flexibility index (Phi) is 6.51. The maximum absolute atomic E-state index is 12.2. The summed E-state index contributed by atoms with van der Waals surface area (Å²) < 4.78 is 0. The van der Waals surface area contributed by atoms with Gasteiger partial charge in [0.25, 0.3) is 5.91 Å². The lowest BCUT2D eigenvalue weighted by Gasteiger charge is -2.33. The molecule has 8 nitrogen and oxygen atoms in total. The number of nitriles is 1. The number of carbonyl (C=O) groups is 2. The molecule has 0 atom stereocenters. The zero-order valence-electron chi connectivity index (χ0n) is 13.8. The Labute approximate surface area is 146 Å². The number of anilines is 1. The van der Waals surface area contributed by atoms with E-state index >= 15 is 0 Å². The first-order valence-electron chi connectivity index (χ1n) is 7.96. The third kappa shape index (κ3) is 5.31. The molecule has 0 aliphatic carbocycles. The van der Waals surface area contributed by atoms with Crippen LogP contribution >= 0.6 is 0 Å². The lowest BCUT2D eigenvalue weighted by atomic mass is 10.2. The molecule has 1 heterocycles. The molecule has 0 aromatic heterocycles. The number of aromatic carboxylic acids is 1. The second kappa shape index (κ2) is 8.82. The smallest absolute Gasteiger partial charge is 0.335 e. The van der Waals surface area contributed by atoms with Crippen LogP contribution in [0.4, 0.5) is 5.69 Å². The van der Waals surface area contributed by atoms with E-state index < -0.39 is 11.9 Å². The maximum Gasteiger partial charge on any atom is 0.335 e. The third-order valence-corrected chi connectivity index (χ3v) is 3.92. The Bertz CT molecular complexity index is 685. The van der Waals surface area contributed by atoms with Crippen molar-refractivity contribution >= 4 is 17.6 Å². The summed E-state index contributed by atoms with van der Waals surface area (Å²) in [6.07, 6.45) is 1.57. The average Bonchev–Trinajstić information content (AvgIpc) is 2.61. The standard InChI is InChI=1S/C17H21N5O3/c18-5-6-21-7-9-22(10-8-21)12-14(11-19)16(23)20-15-3-1-13(2-4-15)17(24)25/h1-4,12H,5-10,18H2,(H,20,23)(H,24,25)/b14-12-. The molecular weight excluding hydrogens is 322 g/mol. The molecular formula is C17H21N5O3. The molecule has 1 aliphatic heterocycles. The fourth-order valence-electron chi connectivity index (χ4n) is 2.51. The van der Waals surface area contributed by atoms with Crippen LogP contribution in [0.25, 0.3) is 0 Å². The quantitative estimate of drug-likeness (QED) is 0.502. The molecule has 0 unspecified atom stereocenters. The van der Waals surface area contributed by atoms with Gasteiger partial charge < -0.3 is 21.1 Å². The summed E-state index contributed by atoms with van der Waals surface area (Å²) in [6, 6.07) is 7.68. The van der Waals surface area contributed by atoms with Gasteiger partial charge >= 0.3 is 5.97 Å². The fourth-order valence-corrected chi connectivity index (χ4v) is 2.51. The van der Waals surface area contributed by atoms with Crippen molar-refractivity contribution in [1.82, 2.24) is 9.80 Å². The van der Waals surface area contributed by atoms with Crippen LogP contribution in [-0.4, -0.2) is 66.1 Å². The molecule has 132 valence electrons. The van der Waals surface area contributed by atoms with Gasteiger partial charge in [0.2, 0.25) is 0 Å². The third-order valence-electron chi connectivity index (χ3n) is 3.92. The Morgan fingerprint density at radius 1 is 1.24 bits per heavy atom. The molecule has 1 amide bonds. The van der Waals surface area contributed by atoms with Crippen LogP contribution in [0.3, 0.4) is 0 Å². The summed E-state index contributed by atoms with van der Waals surface area (Å²) in [5.41, 5.74) is 6.11. The van der Waals surface area contributed by atoms with E-state index in [0.717, 1.165) is 32.7 Å². The minimum Gasteiger partial charge on any atom is -0.478 e. The van der Waals surface area contributed by atoms with Gasteiger partial charge in [-0.3, -0.25) is 9.69 Å². The van der Waals surface area contributed by atoms with Gasteiger partial charge in [0.05, 0.1) is 5.56 Å². The summed E-state index contributed by atoms with van der Waals surface area (Å²) in [7, 11) is 0. The number of nitrogens with one attached hydrogen (secondary N) is 1. The first-order valence-corrected chi connectivity index (χ1v) is 7.96. The predicted molar refractivity (Wildman–Crippen MR) is 92.8 cm³/mol. The predicted octanol–water partition coefficient (Wildman–Crippen LogP) is 0.307. The molecule has 8 heteroatoms. The van der Waals surface area contributed by atoms with Crippen molar-refractivity contribution in [1.29, 1.82) is 5.26 Å². The number of piperazine rings is 1. The summed E-state index contributed by atoms with van der Waals surface area (Å²) in [5, 5.41) is 20.7. The summed E-state index contributed by atoms with van der Waals surface area (Å²) in [6.45, 7) is 4.59. The monoisotopic (exact) mass is 343 g/mol. The minimum atomic E-state index is -1.04. The number of carboxylic acids is 1. The second-order valence-electron chi connectivity index (χ2n) is 5.66. The van der Waals surface area contributed by atoms with Crippen molar-refractivity contribution in [2.75, 3.05) is 44.6 Å². The summed E-state index contributed by atoms with van der Waals surface area (Å²) in [4.78, 5) is 27.2. The molecule has 4 N–H and O–H groups in total. The second-order valence-corrected chi connectivity index (χ2v) is 5.66. The zero-order chi connectivity index (χ0) is 18.2. The molecule has 1 fully saturated rings. The van der Waals surface area contributed by atoms with Gasteiger partial charge in [0, 0.05) is 51.2 Å². The number of nitrogens with two attached hydrogens (primary N) is 1. The van der Waals surface area contributed by atoms with Crippen molar-refractivity contribution < 1.29 is 14.7 Å². The van der Waals surface area contributed by atoms with E-state index in [1.165, 1.54) is 24.3 Å². The van der Waals surface area contributed by atoms with E-state index in [2.05, 4.69) is 10.2 Å². The van der Waals surface area contributed by atoms with Crippen LogP contribution in [0.5, 0.6) is 0 Å². The highest BCUT2D eigenvalue weighted by Crippen LogP contribution is 2.12. The zero-order valence-corrected chi connectivity index (χ0v) is 13.8. The summed E-state index contributed by atoms with van der Waals surface area (Å²) in [5.74, 6) is -1.56. The number of rotatable bonds is 6. The van der Waals surface area contributed by atoms with E-state index in [-0.39, 0.29) is 11.1 Å². The van der Waals surface area contributed by atoms with Crippen LogP contribution in [0.15, 0.2) is 36.0 Å². The molecule has 1 aromatic rings. The number of carboxylic acid groups (broad SMARTS) is 1. The first kappa shape index (κ1) is 18.4. The van der Waals surface area contributed by atoms with Gasteiger partial charge in [0.1, 0.15) is 11.6 Å². The molecule has 2 rings (SSSR count).